The lowest BCUT2D eigenvalue weighted by Gasteiger charge is -2.28. The molecule has 2 aliphatic heterocycles. The fraction of sp³-hybridized carbons (Fsp3) is 0.235. The van der Waals surface area contributed by atoms with Crippen molar-refractivity contribution in [3.8, 4) is 0 Å². The number of nitrogens with one attached hydrogen (secondary N) is 1. The SMILES string of the molecule is Cn1c2c(c(=O)n(C)c1=O)C(c1ccc(F)c(F)c1)C1=C(COC1=O)N2. The first-order chi connectivity index (χ1) is 12.3. The number of fused-ring (bicyclic) bond motifs is 1. The van der Waals surface area contributed by atoms with Gasteiger partial charge in [0.05, 0.1) is 22.8 Å². The van der Waals surface area contributed by atoms with E-state index in [2.05, 4.69) is 5.32 Å². The van der Waals surface area contributed by atoms with Crippen LogP contribution in [0, 0.1) is 11.6 Å². The van der Waals surface area contributed by atoms with Crippen molar-refractivity contribution >= 4 is 11.8 Å². The lowest BCUT2D eigenvalue weighted by atomic mass is 9.82. The maximum absolute atomic E-state index is 13.8. The molecule has 0 saturated heterocycles. The zero-order chi connectivity index (χ0) is 18.7. The van der Waals surface area contributed by atoms with Crippen LogP contribution in [0.3, 0.4) is 0 Å². The van der Waals surface area contributed by atoms with Gasteiger partial charge in [-0.15, -0.1) is 0 Å². The molecule has 1 atom stereocenters. The topological polar surface area (TPSA) is 82.3 Å². The van der Waals surface area contributed by atoms with Crippen molar-refractivity contribution in [2.75, 3.05) is 11.9 Å². The maximum Gasteiger partial charge on any atom is 0.337 e. The van der Waals surface area contributed by atoms with Crippen molar-refractivity contribution < 1.29 is 18.3 Å². The molecule has 0 amide bonds. The van der Waals surface area contributed by atoms with Crippen LogP contribution in [0.25, 0.3) is 0 Å². The summed E-state index contributed by atoms with van der Waals surface area (Å²) >= 11 is 0. The minimum Gasteiger partial charge on any atom is -0.456 e. The number of ether oxygens (including phenoxy) is 1. The summed E-state index contributed by atoms with van der Waals surface area (Å²) in [7, 11) is 2.78. The molecular formula is C17H13F2N3O4. The summed E-state index contributed by atoms with van der Waals surface area (Å²) in [5, 5.41) is 2.91. The zero-order valence-corrected chi connectivity index (χ0v) is 13.8. The molecule has 0 spiro atoms. The number of carbonyl (C=O) groups is 1. The van der Waals surface area contributed by atoms with Gasteiger partial charge in [-0.05, 0) is 17.7 Å². The standard InChI is InChI=1S/C17H13F2N3O4/c1-21-14-13(15(23)22(2)17(21)25)11(7-3-4-8(18)9(19)5-7)12-10(20-14)6-26-16(12)24/h3-5,11,20H,6H2,1-2H3. The van der Waals surface area contributed by atoms with E-state index < -0.39 is 34.8 Å². The molecule has 1 aromatic heterocycles. The summed E-state index contributed by atoms with van der Waals surface area (Å²) in [5.41, 5.74) is -0.331. The van der Waals surface area contributed by atoms with E-state index in [1.165, 1.54) is 24.7 Å². The molecule has 3 heterocycles. The molecule has 0 fully saturated rings. The number of anilines is 1. The van der Waals surface area contributed by atoms with Crippen molar-refractivity contribution in [3.05, 3.63) is 73.1 Å². The van der Waals surface area contributed by atoms with Gasteiger partial charge in [0.2, 0.25) is 0 Å². The molecule has 0 aliphatic carbocycles. The predicted octanol–water partition coefficient (Wildman–Crippen LogP) is 0.730. The van der Waals surface area contributed by atoms with E-state index in [1.54, 1.807) is 0 Å². The number of benzene rings is 1. The Kier molecular flexibility index (Phi) is 3.36. The van der Waals surface area contributed by atoms with Gasteiger partial charge in [0, 0.05) is 14.1 Å². The van der Waals surface area contributed by atoms with E-state index >= 15 is 0 Å². The summed E-state index contributed by atoms with van der Waals surface area (Å²) in [6.07, 6.45) is 0. The smallest absolute Gasteiger partial charge is 0.337 e. The molecule has 26 heavy (non-hydrogen) atoms. The van der Waals surface area contributed by atoms with E-state index in [1.807, 2.05) is 0 Å². The second-order valence-electron chi connectivity index (χ2n) is 6.17. The van der Waals surface area contributed by atoms with Crippen molar-refractivity contribution in [1.82, 2.24) is 9.13 Å². The van der Waals surface area contributed by atoms with Crippen LogP contribution in [0.4, 0.5) is 14.6 Å². The second kappa shape index (κ2) is 5.38. The van der Waals surface area contributed by atoms with Gasteiger partial charge in [-0.2, -0.15) is 0 Å². The van der Waals surface area contributed by atoms with Crippen molar-refractivity contribution in [1.29, 1.82) is 0 Å². The van der Waals surface area contributed by atoms with E-state index in [0.717, 1.165) is 16.7 Å². The first-order valence-corrected chi connectivity index (χ1v) is 7.73. The Morgan fingerprint density at radius 1 is 1.12 bits per heavy atom. The summed E-state index contributed by atoms with van der Waals surface area (Å²) in [6, 6.07) is 3.17. The zero-order valence-electron chi connectivity index (χ0n) is 13.8. The number of carbonyl (C=O) groups excluding carboxylic acids is 1. The molecule has 7 nitrogen and oxygen atoms in total. The molecule has 2 aliphatic rings. The number of esters is 1. The highest BCUT2D eigenvalue weighted by Crippen LogP contribution is 2.42. The van der Waals surface area contributed by atoms with Crippen molar-refractivity contribution in [2.24, 2.45) is 14.1 Å². The minimum atomic E-state index is -1.10. The number of hydrogen-bond donors (Lipinski definition) is 1. The number of aromatic nitrogens is 2. The Morgan fingerprint density at radius 3 is 2.54 bits per heavy atom. The van der Waals surface area contributed by atoms with Gasteiger partial charge < -0.3 is 10.1 Å². The van der Waals surface area contributed by atoms with E-state index in [0.29, 0.717) is 5.70 Å². The largest absolute Gasteiger partial charge is 0.456 e. The third-order valence-corrected chi connectivity index (χ3v) is 4.72. The Hall–Kier alpha value is -3.23. The van der Waals surface area contributed by atoms with Gasteiger partial charge in [0.15, 0.2) is 11.6 Å². The average Bonchev–Trinajstić information content (AvgIpc) is 2.99. The number of halogens is 2. The molecule has 0 radical (unpaired) electrons. The van der Waals surface area contributed by atoms with Crippen LogP contribution in [-0.4, -0.2) is 21.7 Å². The molecule has 1 N–H and O–H groups in total. The van der Waals surface area contributed by atoms with Gasteiger partial charge in [0.25, 0.3) is 5.56 Å². The van der Waals surface area contributed by atoms with Gasteiger partial charge in [-0.25, -0.2) is 18.4 Å². The summed E-state index contributed by atoms with van der Waals surface area (Å²) in [6.45, 7) is -0.0583. The van der Waals surface area contributed by atoms with Gasteiger partial charge in [0.1, 0.15) is 12.4 Å². The maximum atomic E-state index is 13.8. The second-order valence-corrected chi connectivity index (χ2v) is 6.17. The first kappa shape index (κ1) is 16.2. The van der Waals surface area contributed by atoms with Crippen LogP contribution in [0.1, 0.15) is 17.0 Å². The first-order valence-electron chi connectivity index (χ1n) is 7.73. The molecule has 0 bridgehead atoms. The van der Waals surface area contributed by atoms with Gasteiger partial charge in [-0.3, -0.25) is 13.9 Å². The van der Waals surface area contributed by atoms with Crippen LogP contribution in [0.15, 0.2) is 39.1 Å². The number of cyclic esters (lactones) is 1. The Balaban J connectivity index is 2.09. The molecule has 0 saturated carbocycles. The van der Waals surface area contributed by atoms with Crippen molar-refractivity contribution in [2.45, 2.75) is 5.92 Å². The number of hydrogen-bond acceptors (Lipinski definition) is 5. The van der Waals surface area contributed by atoms with Crippen molar-refractivity contribution in [3.63, 3.8) is 0 Å². The van der Waals surface area contributed by atoms with Crippen LogP contribution in [0.2, 0.25) is 0 Å². The Morgan fingerprint density at radius 2 is 1.85 bits per heavy atom. The van der Waals surface area contributed by atoms with E-state index in [-0.39, 0.29) is 29.1 Å². The number of nitrogens with zero attached hydrogens (tertiary/aromatic N) is 2. The molecular weight excluding hydrogens is 348 g/mol. The van der Waals surface area contributed by atoms with E-state index in [4.69, 9.17) is 4.74 Å². The third kappa shape index (κ3) is 2.06. The average molecular weight is 361 g/mol. The summed E-state index contributed by atoms with van der Waals surface area (Å²) in [4.78, 5) is 37.2. The van der Waals surface area contributed by atoms with Crippen LogP contribution in [-0.2, 0) is 23.6 Å². The molecule has 1 aromatic carbocycles. The predicted molar refractivity (Wildman–Crippen MR) is 86.7 cm³/mol. The highest BCUT2D eigenvalue weighted by Gasteiger charge is 2.41. The molecule has 2 aromatic rings. The molecule has 1 unspecified atom stereocenters. The van der Waals surface area contributed by atoms with Crippen LogP contribution >= 0.6 is 0 Å². The third-order valence-electron chi connectivity index (χ3n) is 4.72. The summed E-state index contributed by atoms with van der Waals surface area (Å²) in [5.74, 6) is -3.57. The van der Waals surface area contributed by atoms with Crippen LogP contribution in [0.5, 0.6) is 0 Å². The Labute approximate surface area is 145 Å². The molecule has 134 valence electrons. The molecule has 9 heteroatoms. The Bertz CT molecular complexity index is 1130. The van der Waals surface area contributed by atoms with Gasteiger partial charge in [-0.1, -0.05) is 6.07 Å². The van der Waals surface area contributed by atoms with E-state index in [9.17, 15) is 23.2 Å². The molecule has 4 rings (SSSR count). The lowest BCUT2D eigenvalue weighted by Crippen LogP contribution is -2.43. The summed E-state index contributed by atoms with van der Waals surface area (Å²) < 4.78 is 34.3. The van der Waals surface area contributed by atoms with Crippen LogP contribution < -0.4 is 16.6 Å². The highest BCUT2D eigenvalue weighted by molar-refractivity contribution is 5.96. The lowest BCUT2D eigenvalue weighted by molar-refractivity contribution is -0.136. The quantitative estimate of drug-likeness (QED) is 0.758. The fourth-order valence-electron chi connectivity index (χ4n) is 3.41. The minimum absolute atomic E-state index is 0.0583. The van der Waals surface area contributed by atoms with Gasteiger partial charge >= 0.3 is 11.7 Å². The highest BCUT2D eigenvalue weighted by atomic mass is 19.2. The fourth-order valence-corrected chi connectivity index (χ4v) is 3.41. The monoisotopic (exact) mass is 361 g/mol. The number of rotatable bonds is 1. The normalized spacial score (nSPS) is 18.3.